The molecule has 0 saturated heterocycles. The average molecular weight is 332 g/mol. The van der Waals surface area contributed by atoms with Gasteiger partial charge in [-0.3, -0.25) is 0 Å². The molecule has 0 unspecified atom stereocenters. The number of ether oxygens (including phenoxy) is 3. The van der Waals surface area contributed by atoms with Gasteiger partial charge in [0.2, 0.25) is 6.79 Å². The van der Waals surface area contributed by atoms with Gasteiger partial charge in [-0.15, -0.1) is 0 Å². The van der Waals surface area contributed by atoms with E-state index < -0.39 is 0 Å². The Hall–Kier alpha value is -2.19. The fourth-order valence-electron chi connectivity index (χ4n) is 1.91. The molecule has 3 rings (SSSR count). The van der Waals surface area contributed by atoms with E-state index in [0.717, 1.165) is 21.5 Å². The summed E-state index contributed by atoms with van der Waals surface area (Å²) in [6.07, 6.45) is 0. The minimum Gasteiger partial charge on any atom is -0.488 e. The van der Waals surface area contributed by atoms with Crippen LogP contribution in [0.3, 0.4) is 0 Å². The number of fused-ring (bicyclic) bond motifs is 1. The van der Waals surface area contributed by atoms with Crippen LogP contribution in [0.1, 0.15) is 11.1 Å². The highest BCUT2D eigenvalue weighted by Crippen LogP contribution is 2.33. The number of rotatable bonds is 3. The standard InChI is InChI=1S/C15H10BrNO3/c16-12-2-4-13(11(6-12)7-17)18-8-10-1-3-14-15(5-10)20-9-19-14/h1-6H,8-9H2. The molecule has 1 heterocycles. The van der Waals surface area contributed by atoms with Crippen molar-refractivity contribution in [1.82, 2.24) is 0 Å². The highest BCUT2D eigenvalue weighted by molar-refractivity contribution is 9.10. The van der Waals surface area contributed by atoms with Crippen LogP contribution in [0, 0.1) is 11.3 Å². The summed E-state index contributed by atoms with van der Waals surface area (Å²) in [5, 5.41) is 9.08. The lowest BCUT2D eigenvalue weighted by atomic mass is 10.2. The van der Waals surface area contributed by atoms with Crippen molar-refractivity contribution in [2.75, 3.05) is 6.79 Å². The normalized spacial score (nSPS) is 12.0. The lowest BCUT2D eigenvalue weighted by Crippen LogP contribution is -1.97. The first-order valence-corrected chi connectivity index (χ1v) is 6.76. The molecule has 2 aromatic carbocycles. The molecule has 0 atom stereocenters. The van der Waals surface area contributed by atoms with Crippen molar-refractivity contribution >= 4 is 15.9 Å². The average Bonchev–Trinajstić information content (AvgIpc) is 2.93. The van der Waals surface area contributed by atoms with E-state index in [1.165, 1.54) is 0 Å². The maximum absolute atomic E-state index is 9.08. The Kier molecular flexibility index (Phi) is 3.48. The zero-order chi connectivity index (χ0) is 13.9. The third kappa shape index (κ3) is 2.56. The first-order valence-electron chi connectivity index (χ1n) is 5.97. The molecule has 2 aromatic rings. The molecule has 1 aliphatic rings. The molecule has 4 nitrogen and oxygen atoms in total. The molecule has 0 bridgehead atoms. The minimum atomic E-state index is 0.255. The zero-order valence-corrected chi connectivity index (χ0v) is 12.0. The van der Waals surface area contributed by atoms with Crippen molar-refractivity contribution in [3.05, 3.63) is 52.0 Å². The van der Waals surface area contributed by atoms with Crippen molar-refractivity contribution < 1.29 is 14.2 Å². The molecule has 0 aliphatic carbocycles. The predicted octanol–water partition coefficient (Wildman–Crippen LogP) is 3.63. The summed E-state index contributed by atoms with van der Waals surface area (Å²) in [7, 11) is 0. The summed E-state index contributed by atoms with van der Waals surface area (Å²) in [6.45, 7) is 0.623. The van der Waals surface area contributed by atoms with E-state index in [1.807, 2.05) is 24.3 Å². The highest BCUT2D eigenvalue weighted by atomic mass is 79.9. The second kappa shape index (κ2) is 5.43. The number of benzene rings is 2. The Balaban J connectivity index is 1.75. The maximum Gasteiger partial charge on any atom is 0.231 e. The minimum absolute atomic E-state index is 0.255. The summed E-state index contributed by atoms with van der Waals surface area (Å²) in [6, 6.07) is 13.1. The SMILES string of the molecule is N#Cc1cc(Br)ccc1OCc1ccc2c(c1)OCO2. The van der Waals surface area contributed by atoms with Crippen LogP contribution >= 0.6 is 15.9 Å². The van der Waals surface area contributed by atoms with Gasteiger partial charge in [0.15, 0.2) is 11.5 Å². The van der Waals surface area contributed by atoms with Gasteiger partial charge in [0.25, 0.3) is 0 Å². The van der Waals surface area contributed by atoms with Gasteiger partial charge in [0, 0.05) is 4.47 Å². The van der Waals surface area contributed by atoms with E-state index in [2.05, 4.69) is 22.0 Å². The Morgan fingerprint density at radius 2 is 2.00 bits per heavy atom. The first-order chi connectivity index (χ1) is 9.76. The maximum atomic E-state index is 9.08. The van der Waals surface area contributed by atoms with Gasteiger partial charge in [0.05, 0.1) is 5.56 Å². The fourth-order valence-corrected chi connectivity index (χ4v) is 2.27. The molecule has 0 radical (unpaired) electrons. The Labute approximate surface area is 124 Å². The van der Waals surface area contributed by atoms with Gasteiger partial charge in [-0.2, -0.15) is 5.26 Å². The van der Waals surface area contributed by atoms with Crippen molar-refractivity contribution in [1.29, 1.82) is 5.26 Å². The largest absolute Gasteiger partial charge is 0.488 e. The number of nitriles is 1. The molecule has 0 aromatic heterocycles. The van der Waals surface area contributed by atoms with Gasteiger partial charge in [-0.05, 0) is 35.9 Å². The quantitative estimate of drug-likeness (QED) is 0.861. The topological polar surface area (TPSA) is 51.5 Å². The van der Waals surface area contributed by atoms with Gasteiger partial charge < -0.3 is 14.2 Å². The predicted molar refractivity (Wildman–Crippen MR) is 75.8 cm³/mol. The van der Waals surface area contributed by atoms with Crippen LogP contribution in [-0.4, -0.2) is 6.79 Å². The Morgan fingerprint density at radius 3 is 2.85 bits per heavy atom. The molecule has 0 fully saturated rings. The van der Waals surface area contributed by atoms with E-state index in [0.29, 0.717) is 17.9 Å². The zero-order valence-electron chi connectivity index (χ0n) is 10.4. The van der Waals surface area contributed by atoms with Crippen molar-refractivity contribution in [3.63, 3.8) is 0 Å². The lowest BCUT2D eigenvalue weighted by molar-refractivity contribution is 0.174. The van der Waals surface area contributed by atoms with Crippen molar-refractivity contribution in [3.8, 4) is 23.3 Å². The smallest absolute Gasteiger partial charge is 0.231 e. The molecule has 1 aliphatic heterocycles. The molecule has 100 valence electrons. The fraction of sp³-hybridized carbons (Fsp3) is 0.133. The summed E-state index contributed by atoms with van der Waals surface area (Å²) in [4.78, 5) is 0. The van der Waals surface area contributed by atoms with E-state index in [9.17, 15) is 0 Å². The van der Waals surface area contributed by atoms with Crippen molar-refractivity contribution in [2.24, 2.45) is 0 Å². The lowest BCUT2D eigenvalue weighted by Gasteiger charge is -2.08. The molecule has 0 spiro atoms. The van der Waals surface area contributed by atoms with Crippen molar-refractivity contribution in [2.45, 2.75) is 6.61 Å². The molecule has 5 heteroatoms. The second-order valence-corrected chi connectivity index (χ2v) is 5.14. The molecule has 0 N–H and O–H groups in total. The number of nitrogens with zero attached hydrogens (tertiary/aromatic N) is 1. The van der Waals surface area contributed by atoms with Crippen LogP contribution in [-0.2, 0) is 6.61 Å². The van der Waals surface area contributed by atoms with Crippen LogP contribution in [0.25, 0.3) is 0 Å². The second-order valence-electron chi connectivity index (χ2n) is 4.23. The summed E-state index contributed by atoms with van der Waals surface area (Å²) < 4.78 is 17.1. The summed E-state index contributed by atoms with van der Waals surface area (Å²) in [5.41, 5.74) is 1.46. The molecular formula is C15H10BrNO3. The molecule has 0 amide bonds. The van der Waals surface area contributed by atoms with Crippen LogP contribution in [0.4, 0.5) is 0 Å². The number of hydrogen-bond donors (Lipinski definition) is 0. The van der Waals surface area contributed by atoms with Crippen LogP contribution in [0.2, 0.25) is 0 Å². The van der Waals surface area contributed by atoms with E-state index in [4.69, 9.17) is 19.5 Å². The van der Waals surface area contributed by atoms with Crippen LogP contribution in [0.5, 0.6) is 17.2 Å². The highest BCUT2D eigenvalue weighted by Gasteiger charge is 2.13. The number of halogens is 1. The van der Waals surface area contributed by atoms with E-state index in [1.54, 1.807) is 12.1 Å². The summed E-state index contributed by atoms with van der Waals surface area (Å²) in [5.74, 6) is 2.03. The Bertz CT molecular complexity index is 694. The Morgan fingerprint density at radius 1 is 1.15 bits per heavy atom. The van der Waals surface area contributed by atoms with E-state index >= 15 is 0 Å². The van der Waals surface area contributed by atoms with Gasteiger partial charge >= 0.3 is 0 Å². The first kappa shape index (κ1) is 12.8. The molecule has 0 saturated carbocycles. The third-order valence-electron chi connectivity index (χ3n) is 2.89. The van der Waals surface area contributed by atoms with Gasteiger partial charge in [-0.25, -0.2) is 0 Å². The van der Waals surface area contributed by atoms with Crippen LogP contribution < -0.4 is 14.2 Å². The van der Waals surface area contributed by atoms with Gasteiger partial charge in [0.1, 0.15) is 18.4 Å². The monoisotopic (exact) mass is 331 g/mol. The molecular weight excluding hydrogens is 322 g/mol. The van der Waals surface area contributed by atoms with Crippen LogP contribution in [0.15, 0.2) is 40.9 Å². The van der Waals surface area contributed by atoms with Gasteiger partial charge in [-0.1, -0.05) is 22.0 Å². The number of hydrogen-bond acceptors (Lipinski definition) is 4. The van der Waals surface area contributed by atoms with E-state index in [-0.39, 0.29) is 6.79 Å². The third-order valence-corrected chi connectivity index (χ3v) is 3.39. The summed E-state index contributed by atoms with van der Waals surface area (Å²) >= 11 is 3.33. The molecule has 20 heavy (non-hydrogen) atoms.